The van der Waals surface area contributed by atoms with E-state index < -0.39 is 0 Å². The summed E-state index contributed by atoms with van der Waals surface area (Å²) in [6.45, 7) is 6.91. The van der Waals surface area contributed by atoms with Crippen molar-refractivity contribution in [2.24, 2.45) is 0 Å². The van der Waals surface area contributed by atoms with E-state index in [-0.39, 0.29) is 0 Å². The number of anilines is 1. The van der Waals surface area contributed by atoms with Crippen molar-refractivity contribution in [1.29, 1.82) is 0 Å². The van der Waals surface area contributed by atoms with Crippen LogP contribution in [-0.4, -0.2) is 13.1 Å². The topological polar surface area (TPSA) is 3.24 Å². The third-order valence-corrected chi connectivity index (χ3v) is 3.73. The van der Waals surface area contributed by atoms with E-state index in [0.717, 1.165) is 0 Å². The van der Waals surface area contributed by atoms with Gasteiger partial charge in [0.25, 0.3) is 0 Å². The fraction of sp³-hybridized carbons (Fsp3) is 0.625. The Morgan fingerprint density at radius 1 is 0.944 bits per heavy atom. The molecular weight excluding hydrogens is 286 g/mol. The third-order valence-electron chi connectivity index (χ3n) is 3.24. The van der Waals surface area contributed by atoms with E-state index in [9.17, 15) is 0 Å². The Morgan fingerprint density at radius 2 is 1.56 bits per heavy atom. The van der Waals surface area contributed by atoms with Crippen LogP contribution in [0.15, 0.2) is 28.7 Å². The van der Waals surface area contributed by atoms with E-state index in [1.165, 1.54) is 61.8 Å². The predicted molar refractivity (Wildman–Crippen MR) is 85.4 cm³/mol. The van der Waals surface area contributed by atoms with Crippen LogP contribution < -0.4 is 4.90 Å². The van der Waals surface area contributed by atoms with E-state index in [4.69, 9.17) is 0 Å². The molecule has 1 nitrogen and oxygen atoms in total. The van der Waals surface area contributed by atoms with Crippen LogP contribution in [0.1, 0.15) is 52.4 Å². The van der Waals surface area contributed by atoms with Gasteiger partial charge < -0.3 is 4.90 Å². The van der Waals surface area contributed by atoms with Crippen molar-refractivity contribution >= 4 is 21.6 Å². The summed E-state index contributed by atoms with van der Waals surface area (Å²) in [5.74, 6) is 0. The van der Waals surface area contributed by atoms with Gasteiger partial charge in [0.05, 0.1) is 0 Å². The smallest absolute Gasteiger partial charge is 0.0377 e. The molecule has 18 heavy (non-hydrogen) atoms. The molecule has 2 heteroatoms. The summed E-state index contributed by atoms with van der Waals surface area (Å²) in [5.41, 5.74) is 1.36. The second-order valence-corrected chi connectivity index (χ2v) is 5.80. The third kappa shape index (κ3) is 5.90. The minimum Gasteiger partial charge on any atom is -0.372 e. The van der Waals surface area contributed by atoms with Crippen LogP contribution in [0.2, 0.25) is 0 Å². The molecule has 0 amide bonds. The van der Waals surface area contributed by atoms with E-state index in [1.807, 2.05) is 0 Å². The van der Waals surface area contributed by atoms with Crippen LogP contribution in [-0.2, 0) is 0 Å². The number of rotatable bonds is 9. The summed E-state index contributed by atoms with van der Waals surface area (Å²) >= 11 is 3.57. The van der Waals surface area contributed by atoms with Crippen LogP contribution in [0.3, 0.4) is 0 Å². The highest BCUT2D eigenvalue weighted by Crippen LogP contribution is 2.21. The first-order valence-electron chi connectivity index (χ1n) is 7.28. The number of hydrogen-bond acceptors (Lipinski definition) is 1. The number of hydrogen-bond donors (Lipinski definition) is 0. The molecule has 1 rings (SSSR count). The Labute approximate surface area is 121 Å². The van der Waals surface area contributed by atoms with Gasteiger partial charge in [-0.3, -0.25) is 0 Å². The second-order valence-electron chi connectivity index (χ2n) is 4.88. The minimum absolute atomic E-state index is 1.18. The lowest BCUT2D eigenvalue weighted by molar-refractivity contribution is 0.636. The van der Waals surface area contributed by atoms with Gasteiger partial charge in [-0.25, -0.2) is 0 Å². The fourth-order valence-electron chi connectivity index (χ4n) is 2.15. The largest absolute Gasteiger partial charge is 0.372 e. The number of unbranched alkanes of at least 4 members (excludes halogenated alkanes) is 4. The lowest BCUT2D eigenvalue weighted by Crippen LogP contribution is -2.25. The molecule has 0 unspecified atom stereocenters. The standard InChI is InChI=1S/C16H26BrN/c1-3-5-7-12-18(13-8-6-4-2)16-11-9-10-15(17)14-16/h9-11,14H,3-8,12-13H2,1-2H3. The molecule has 0 saturated carbocycles. The van der Waals surface area contributed by atoms with Crippen LogP contribution in [0.25, 0.3) is 0 Å². The average Bonchev–Trinajstić information content (AvgIpc) is 2.37. The van der Waals surface area contributed by atoms with Crippen LogP contribution in [0.4, 0.5) is 5.69 Å². The Bertz CT molecular complexity index is 315. The summed E-state index contributed by atoms with van der Waals surface area (Å²) < 4.78 is 1.18. The molecule has 0 saturated heterocycles. The molecule has 0 radical (unpaired) electrons. The molecule has 0 heterocycles. The summed E-state index contributed by atoms with van der Waals surface area (Å²) in [6, 6.07) is 8.69. The van der Waals surface area contributed by atoms with Crippen LogP contribution in [0.5, 0.6) is 0 Å². The van der Waals surface area contributed by atoms with Gasteiger partial charge in [-0.1, -0.05) is 61.5 Å². The second kappa shape index (κ2) is 9.43. The highest BCUT2D eigenvalue weighted by molar-refractivity contribution is 9.10. The van der Waals surface area contributed by atoms with Gasteiger partial charge in [0, 0.05) is 23.2 Å². The summed E-state index contributed by atoms with van der Waals surface area (Å²) in [4.78, 5) is 2.54. The van der Waals surface area contributed by atoms with Crippen molar-refractivity contribution < 1.29 is 0 Å². The molecule has 0 atom stereocenters. The van der Waals surface area contributed by atoms with Gasteiger partial charge in [0.1, 0.15) is 0 Å². The Balaban J connectivity index is 2.57. The molecule has 102 valence electrons. The van der Waals surface area contributed by atoms with Crippen molar-refractivity contribution in [2.75, 3.05) is 18.0 Å². The molecule has 0 fully saturated rings. The first kappa shape index (κ1) is 15.6. The lowest BCUT2D eigenvalue weighted by Gasteiger charge is -2.25. The highest BCUT2D eigenvalue weighted by atomic mass is 79.9. The average molecular weight is 312 g/mol. The van der Waals surface area contributed by atoms with E-state index >= 15 is 0 Å². The fourth-order valence-corrected chi connectivity index (χ4v) is 2.54. The maximum absolute atomic E-state index is 3.57. The van der Waals surface area contributed by atoms with Gasteiger partial charge in [-0.05, 0) is 31.0 Å². The Morgan fingerprint density at radius 3 is 2.06 bits per heavy atom. The van der Waals surface area contributed by atoms with Gasteiger partial charge in [-0.15, -0.1) is 0 Å². The van der Waals surface area contributed by atoms with Crippen molar-refractivity contribution in [3.05, 3.63) is 28.7 Å². The minimum atomic E-state index is 1.18. The molecule has 0 bridgehead atoms. The molecule has 0 aliphatic carbocycles. The van der Waals surface area contributed by atoms with Gasteiger partial charge in [0.2, 0.25) is 0 Å². The molecule has 0 aliphatic heterocycles. The number of benzene rings is 1. The van der Waals surface area contributed by atoms with Gasteiger partial charge >= 0.3 is 0 Å². The lowest BCUT2D eigenvalue weighted by atomic mass is 10.2. The van der Waals surface area contributed by atoms with Gasteiger partial charge in [-0.2, -0.15) is 0 Å². The van der Waals surface area contributed by atoms with Crippen molar-refractivity contribution in [1.82, 2.24) is 0 Å². The van der Waals surface area contributed by atoms with E-state index in [1.54, 1.807) is 0 Å². The maximum atomic E-state index is 3.57. The van der Waals surface area contributed by atoms with Crippen LogP contribution in [0, 0.1) is 0 Å². The summed E-state index contributed by atoms with van der Waals surface area (Å²) in [5, 5.41) is 0. The molecular formula is C16H26BrN. The zero-order valence-electron chi connectivity index (χ0n) is 11.8. The number of halogens is 1. The van der Waals surface area contributed by atoms with Crippen LogP contribution >= 0.6 is 15.9 Å². The molecule has 0 aliphatic rings. The van der Waals surface area contributed by atoms with Gasteiger partial charge in [0.15, 0.2) is 0 Å². The maximum Gasteiger partial charge on any atom is 0.0377 e. The first-order chi connectivity index (χ1) is 8.77. The zero-order chi connectivity index (χ0) is 13.2. The van der Waals surface area contributed by atoms with Crippen molar-refractivity contribution in [3.63, 3.8) is 0 Å². The molecule has 0 N–H and O–H groups in total. The summed E-state index contributed by atoms with van der Waals surface area (Å²) in [7, 11) is 0. The molecule has 0 aromatic heterocycles. The first-order valence-corrected chi connectivity index (χ1v) is 8.07. The SMILES string of the molecule is CCCCCN(CCCCC)c1cccc(Br)c1. The van der Waals surface area contributed by atoms with E-state index in [0.29, 0.717) is 0 Å². The summed E-state index contributed by atoms with van der Waals surface area (Å²) in [6.07, 6.45) is 7.85. The zero-order valence-corrected chi connectivity index (χ0v) is 13.4. The predicted octanol–water partition coefficient (Wildman–Crippen LogP) is 5.64. The monoisotopic (exact) mass is 311 g/mol. The molecule has 1 aromatic rings. The Hall–Kier alpha value is -0.500. The normalized spacial score (nSPS) is 10.6. The Kier molecular flexibility index (Phi) is 8.15. The number of nitrogens with zero attached hydrogens (tertiary/aromatic N) is 1. The van der Waals surface area contributed by atoms with E-state index in [2.05, 4.69) is 58.9 Å². The molecule has 1 aromatic carbocycles. The van der Waals surface area contributed by atoms with Crippen molar-refractivity contribution in [2.45, 2.75) is 52.4 Å². The highest BCUT2D eigenvalue weighted by Gasteiger charge is 2.06. The quantitative estimate of drug-likeness (QED) is 0.534. The van der Waals surface area contributed by atoms with Crippen molar-refractivity contribution in [3.8, 4) is 0 Å². The molecule has 0 spiro atoms.